The summed E-state index contributed by atoms with van der Waals surface area (Å²) < 4.78 is 27.4. The van der Waals surface area contributed by atoms with Gasteiger partial charge >= 0.3 is 0 Å². The zero-order valence-electron chi connectivity index (χ0n) is 10.4. The second-order valence-corrected chi connectivity index (χ2v) is 4.61. The Morgan fingerprint density at radius 2 is 2.00 bits per heavy atom. The highest BCUT2D eigenvalue weighted by molar-refractivity contribution is 5.25. The van der Waals surface area contributed by atoms with Gasteiger partial charge in [-0.15, -0.1) is 0 Å². The SMILES string of the molecule is Cc1cccc(C(O)C(F)(F)CNC(C)C)c1. The first-order chi connectivity index (χ1) is 7.83. The van der Waals surface area contributed by atoms with Gasteiger partial charge in [0.15, 0.2) is 0 Å². The minimum Gasteiger partial charge on any atom is -0.382 e. The van der Waals surface area contributed by atoms with Gasteiger partial charge in [-0.3, -0.25) is 0 Å². The maximum Gasteiger partial charge on any atom is 0.289 e. The fourth-order valence-corrected chi connectivity index (χ4v) is 1.52. The molecule has 1 rings (SSSR count). The molecule has 0 bridgehead atoms. The molecule has 0 aromatic heterocycles. The maximum absolute atomic E-state index is 13.7. The minimum absolute atomic E-state index is 0.0365. The van der Waals surface area contributed by atoms with E-state index in [-0.39, 0.29) is 11.6 Å². The minimum atomic E-state index is -3.17. The number of hydrogen-bond acceptors (Lipinski definition) is 2. The van der Waals surface area contributed by atoms with Crippen LogP contribution in [0.1, 0.15) is 31.1 Å². The Labute approximate surface area is 101 Å². The first kappa shape index (κ1) is 14.1. The molecule has 0 aliphatic rings. The van der Waals surface area contributed by atoms with Crippen LogP contribution in [0.15, 0.2) is 24.3 Å². The predicted molar refractivity (Wildman–Crippen MR) is 64.2 cm³/mol. The normalized spacial score (nSPS) is 14.1. The second-order valence-electron chi connectivity index (χ2n) is 4.61. The lowest BCUT2D eigenvalue weighted by Gasteiger charge is -2.24. The molecule has 0 saturated heterocycles. The highest BCUT2D eigenvalue weighted by Gasteiger charge is 2.39. The fraction of sp³-hybridized carbons (Fsp3) is 0.538. The number of alkyl halides is 2. The van der Waals surface area contributed by atoms with Gasteiger partial charge in [0.25, 0.3) is 5.92 Å². The number of benzene rings is 1. The number of rotatable bonds is 5. The lowest BCUT2D eigenvalue weighted by Crippen LogP contribution is -2.40. The summed E-state index contributed by atoms with van der Waals surface area (Å²) in [5.41, 5.74) is 1.11. The highest BCUT2D eigenvalue weighted by atomic mass is 19.3. The van der Waals surface area contributed by atoms with E-state index in [1.54, 1.807) is 39.0 Å². The number of aliphatic hydroxyl groups excluding tert-OH is 1. The molecule has 1 aromatic carbocycles. The van der Waals surface area contributed by atoms with Crippen LogP contribution in [-0.4, -0.2) is 23.6 Å². The topological polar surface area (TPSA) is 32.3 Å². The number of nitrogens with one attached hydrogen (secondary N) is 1. The summed E-state index contributed by atoms with van der Waals surface area (Å²) in [4.78, 5) is 0. The molecule has 0 spiro atoms. The van der Waals surface area contributed by atoms with Crippen molar-refractivity contribution in [3.8, 4) is 0 Å². The van der Waals surface area contributed by atoms with Gasteiger partial charge in [0.2, 0.25) is 0 Å². The smallest absolute Gasteiger partial charge is 0.289 e. The van der Waals surface area contributed by atoms with Crippen molar-refractivity contribution in [2.24, 2.45) is 0 Å². The molecule has 0 heterocycles. The summed E-state index contributed by atoms with van der Waals surface area (Å²) >= 11 is 0. The van der Waals surface area contributed by atoms with Crippen LogP contribution >= 0.6 is 0 Å². The second kappa shape index (κ2) is 5.56. The monoisotopic (exact) mass is 243 g/mol. The molecule has 1 unspecified atom stereocenters. The Morgan fingerprint density at radius 1 is 1.35 bits per heavy atom. The van der Waals surface area contributed by atoms with Crippen LogP contribution < -0.4 is 5.32 Å². The molecule has 4 heteroatoms. The maximum atomic E-state index is 13.7. The molecule has 1 aromatic rings. The van der Waals surface area contributed by atoms with Gasteiger partial charge in [-0.25, -0.2) is 8.78 Å². The average Bonchev–Trinajstić information content (AvgIpc) is 2.25. The standard InChI is InChI=1S/C13H19F2NO/c1-9(2)16-8-13(14,15)12(17)11-6-4-5-10(3)7-11/h4-7,9,12,16-17H,8H2,1-3H3. The lowest BCUT2D eigenvalue weighted by molar-refractivity contribution is -0.108. The van der Waals surface area contributed by atoms with E-state index in [0.29, 0.717) is 0 Å². The molecule has 96 valence electrons. The van der Waals surface area contributed by atoms with E-state index in [1.165, 1.54) is 6.07 Å². The summed E-state index contributed by atoms with van der Waals surface area (Å²) in [6.45, 7) is 4.85. The Kier molecular flexibility index (Phi) is 4.60. The molecular formula is C13H19F2NO. The number of halogens is 2. The van der Waals surface area contributed by atoms with Crippen molar-refractivity contribution < 1.29 is 13.9 Å². The Morgan fingerprint density at radius 3 is 2.53 bits per heavy atom. The predicted octanol–water partition coefficient (Wildman–Crippen LogP) is 2.66. The average molecular weight is 243 g/mol. The van der Waals surface area contributed by atoms with Gasteiger partial charge in [0.05, 0.1) is 6.54 Å². The summed E-state index contributed by atoms with van der Waals surface area (Å²) in [5.74, 6) is -3.17. The summed E-state index contributed by atoms with van der Waals surface area (Å²) in [5, 5.41) is 12.3. The van der Waals surface area contributed by atoms with Crippen LogP contribution in [0.2, 0.25) is 0 Å². The number of aliphatic hydroxyl groups is 1. The molecular weight excluding hydrogens is 224 g/mol. The third-order valence-corrected chi connectivity index (χ3v) is 2.50. The fourth-order valence-electron chi connectivity index (χ4n) is 1.52. The zero-order chi connectivity index (χ0) is 13.1. The summed E-state index contributed by atoms with van der Waals surface area (Å²) in [6.07, 6.45) is -1.77. The Balaban J connectivity index is 2.77. The van der Waals surface area contributed by atoms with Crippen LogP contribution in [0.3, 0.4) is 0 Å². The van der Waals surface area contributed by atoms with Crippen molar-refractivity contribution in [2.45, 2.75) is 38.8 Å². The molecule has 1 atom stereocenters. The quantitative estimate of drug-likeness (QED) is 0.833. The molecule has 0 amide bonds. The van der Waals surface area contributed by atoms with Crippen molar-refractivity contribution in [1.82, 2.24) is 5.32 Å². The van der Waals surface area contributed by atoms with E-state index in [0.717, 1.165) is 5.56 Å². The van der Waals surface area contributed by atoms with E-state index < -0.39 is 18.6 Å². The highest BCUT2D eigenvalue weighted by Crippen LogP contribution is 2.31. The van der Waals surface area contributed by atoms with Crippen LogP contribution in [0.4, 0.5) is 8.78 Å². The zero-order valence-corrected chi connectivity index (χ0v) is 10.4. The third-order valence-electron chi connectivity index (χ3n) is 2.50. The molecule has 0 fully saturated rings. The van der Waals surface area contributed by atoms with Gasteiger partial charge in [-0.2, -0.15) is 0 Å². The molecule has 0 aliphatic carbocycles. The lowest BCUT2D eigenvalue weighted by atomic mass is 10.0. The van der Waals surface area contributed by atoms with E-state index in [4.69, 9.17) is 0 Å². The van der Waals surface area contributed by atoms with Crippen LogP contribution in [0.25, 0.3) is 0 Å². The molecule has 17 heavy (non-hydrogen) atoms. The van der Waals surface area contributed by atoms with Crippen LogP contribution in [0.5, 0.6) is 0 Å². The van der Waals surface area contributed by atoms with Crippen molar-refractivity contribution in [2.75, 3.05) is 6.54 Å². The van der Waals surface area contributed by atoms with E-state index >= 15 is 0 Å². The van der Waals surface area contributed by atoms with Crippen molar-refractivity contribution in [1.29, 1.82) is 0 Å². The van der Waals surface area contributed by atoms with Crippen molar-refractivity contribution in [3.05, 3.63) is 35.4 Å². The number of aryl methyl sites for hydroxylation is 1. The van der Waals surface area contributed by atoms with E-state index in [9.17, 15) is 13.9 Å². The summed E-state index contributed by atoms with van der Waals surface area (Å²) in [6, 6.07) is 6.53. The molecule has 0 saturated carbocycles. The molecule has 2 N–H and O–H groups in total. The molecule has 0 radical (unpaired) electrons. The van der Waals surface area contributed by atoms with Crippen LogP contribution in [-0.2, 0) is 0 Å². The van der Waals surface area contributed by atoms with Gasteiger partial charge < -0.3 is 10.4 Å². The molecule has 2 nitrogen and oxygen atoms in total. The largest absolute Gasteiger partial charge is 0.382 e. The first-order valence-electron chi connectivity index (χ1n) is 5.69. The first-order valence-corrected chi connectivity index (χ1v) is 5.69. The van der Waals surface area contributed by atoms with E-state index in [1.807, 2.05) is 0 Å². The van der Waals surface area contributed by atoms with Gasteiger partial charge in [-0.1, -0.05) is 43.7 Å². The number of hydrogen-bond donors (Lipinski definition) is 2. The van der Waals surface area contributed by atoms with Crippen molar-refractivity contribution in [3.63, 3.8) is 0 Å². The van der Waals surface area contributed by atoms with Gasteiger partial charge in [0.1, 0.15) is 6.10 Å². The molecule has 0 aliphatic heterocycles. The Hall–Kier alpha value is -1.00. The third kappa shape index (κ3) is 4.06. The van der Waals surface area contributed by atoms with Gasteiger partial charge in [0, 0.05) is 6.04 Å². The van der Waals surface area contributed by atoms with E-state index in [2.05, 4.69) is 5.32 Å². The Bertz CT molecular complexity index is 366. The summed E-state index contributed by atoms with van der Waals surface area (Å²) in [7, 11) is 0. The van der Waals surface area contributed by atoms with Crippen molar-refractivity contribution >= 4 is 0 Å². The van der Waals surface area contributed by atoms with Crippen LogP contribution in [0, 0.1) is 6.92 Å². The van der Waals surface area contributed by atoms with Gasteiger partial charge in [-0.05, 0) is 12.5 Å².